The molecule has 1 atom stereocenters. The van der Waals surface area contributed by atoms with E-state index in [0.717, 1.165) is 24.0 Å². The summed E-state index contributed by atoms with van der Waals surface area (Å²) in [7, 11) is 0. The second-order valence-corrected chi connectivity index (χ2v) is 6.43. The quantitative estimate of drug-likeness (QED) is 0.871. The fourth-order valence-corrected chi connectivity index (χ4v) is 3.35. The average Bonchev–Trinajstić information content (AvgIpc) is 3.03. The lowest BCUT2D eigenvalue weighted by atomic mass is 9.98. The van der Waals surface area contributed by atoms with Gasteiger partial charge in [0.1, 0.15) is 6.04 Å². The number of hydrogen-bond donors (Lipinski definition) is 2. The summed E-state index contributed by atoms with van der Waals surface area (Å²) in [6, 6.07) is 11.0. The van der Waals surface area contributed by atoms with Crippen molar-refractivity contribution in [1.29, 1.82) is 0 Å². The number of amides is 2. The monoisotopic (exact) mass is 341 g/mol. The molecule has 0 radical (unpaired) electrons. The maximum Gasteiger partial charge on any atom is 0.287 e. The molecule has 0 aliphatic carbocycles. The van der Waals surface area contributed by atoms with E-state index in [1.807, 2.05) is 37.3 Å². The fraction of sp³-hybridized carbons (Fsp3) is 0.368. The number of nitrogens with zero attached hydrogens (tertiary/aromatic N) is 1. The van der Waals surface area contributed by atoms with E-state index in [-0.39, 0.29) is 17.9 Å². The number of rotatable bonds is 5. The Bertz CT molecular complexity index is 733. The summed E-state index contributed by atoms with van der Waals surface area (Å²) >= 11 is 0. The van der Waals surface area contributed by atoms with Crippen LogP contribution in [0.4, 0.5) is 0 Å². The van der Waals surface area contributed by atoms with Gasteiger partial charge in [0.2, 0.25) is 5.91 Å². The normalized spacial score (nSPS) is 17.2. The number of carbonyl (C=O) groups is 2. The first-order valence-corrected chi connectivity index (χ1v) is 8.49. The number of likely N-dealkylation sites (tertiary alicyclic amines) is 1. The summed E-state index contributed by atoms with van der Waals surface area (Å²) in [6.07, 6.45) is 3.05. The number of primary amides is 1. The highest BCUT2D eigenvalue weighted by molar-refractivity contribution is 5.93. The third kappa shape index (κ3) is 3.91. The van der Waals surface area contributed by atoms with Crippen molar-refractivity contribution in [1.82, 2.24) is 10.2 Å². The second-order valence-electron chi connectivity index (χ2n) is 6.43. The number of nitrogens with one attached hydrogen (secondary N) is 1. The van der Waals surface area contributed by atoms with E-state index < -0.39 is 6.04 Å². The number of benzene rings is 1. The standard InChI is InChI=1S/C19H23N3O3/c1-13-9-12-25-17(13)19(24)21-15-7-10-22(11-8-15)16(18(20)23)14-5-3-2-4-6-14/h2-6,9,12,15-16H,7-8,10-11H2,1H3,(H2,20,23)(H,21,24). The number of hydrogen-bond acceptors (Lipinski definition) is 4. The van der Waals surface area contributed by atoms with Gasteiger partial charge < -0.3 is 15.5 Å². The van der Waals surface area contributed by atoms with E-state index in [9.17, 15) is 9.59 Å². The van der Waals surface area contributed by atoms with Crippen LogP contribution in [-0.4, -0.2) is 35.8 Å². The zero-order chi connectivity index (χ0) is 17.8. The van der Waals surface area contributed by atoms with Gasteiger partial charge in [-0.2, -0.15) is 0 Å². The molecular formula is C19H23N3O3. The van der Waals surface area contributed by atoms with Crippen molar-refractivity contribution in [2.75, 3.05) is 13.1 Å². The van der Waals surface area contributed by atoms with Gasteiger partial charge in [0, 0.05) is 24.7 Å². The van der Waals surface area contributed by atoms with Gasteiger partial charge in [0.25, 0.3) is 5.91 Å². The van der Waals surface area contributed by atoms with E-state index >= 15 is 0 Å². The van der Waals surface area contributed by atoms with Gasteiger partial charge in [-0.1, -0.05) is 30.3 Å². The topological polar surface area (TPSA) is 88.6 Å². The van der Waals surface area contributed by atoms with Crippen LogP contribution in [0.5, 0.6) is 0 Å². The Balaban J connectivity index is 1.60. The van der Waals surface area contributed by atoms with Gasteiger partial charge in [-0.25, -0.2) is 0 Å². The molecular weight excluding hydrogens is 318 g/mol. The van der Waals surface area contributed by atoms with Gasteiger partial charge in [-0.3, -0.25) is 14.5 Å². The van der Waals surface area contributed by atoms with Gasteiger partial charge >= 0.3 is 0 Å². The third-order valence-corrected chi connectivity index (χ3v) is 4.68. The van der Waals surface area contributed by atoms with Gasteiger partial charge in [-0.05, 0) is 31.4 Å². The third-order valence-electron chi connectivity index (χ3n) is 4.68. The van der Waals surface area contributed by atoms with Crippen LogP contribution in [0.3, 0.4) is 0 Å². The highest BCUT2D eigenvalue weighted by Crippen LogP contribution is 2.24. The van der Waals surface area contributed by atoms with Crippen LogP contribution in [0.25, 0.3) is 0 Å². The van der Waals surface area contributed by atoms with Crippen molar-refractivity contribution in [3.63, 3.8) is 0 Å². The molecule has 1 saturated heterocycles. The highest BCUT2D eigenvalue weighted by Gasteiger charge is 2.30. The minimum absolute atomic E-state index is 0.0672. The van der Waals surface area contributed by atoms with E-state index in [1.54, 1.807) is 6.07 Å². The molecule has 1 unspecified atom stereocenters. The summed E-state index contributed by atoms with van der Waals surface area (Å²) in [5, 5.41) is 3.02. The molecule has 1 fully saturated rings. The average molecular weight is 341 g/mol. The Hall–Kier alpha value is -2.60. The predicted octanol–water partition coefficient (Wildman–Crippen LogP) is 2.01. The Labute approximate surface area is 147 Å². The summed E-state index contributed by atoms with van der Waals surface area (Å²) in [6.45, 7) is 3.24. The van der Waals surface area contributed by atoms with Crippen molar-refractivity contribution in [2.45, 2.75) is 31.8 Å². The Kier molecular flexibility index (Phi) is 5.19. The fourth-order valence-electron chi connectivity index (χ4n) is 3.35. The van der Waals surface area contributed by atoms with E-state index in [1.165, 1.54) is 6.26 Å². The molecule has 2 aromatic rings. The number of carbonyl (C=O) groups excluding carboxylic acids is 2. The molecule has 2 amide bonds. The lowest BCUT2D eigenvalue weighted by Gasteiger charge is -2.36. The Morgan fingerprint density at radius 2 is 1.88 bits per heavy atom. The molecule has 132 valence electrons. The molecule has 1 aliphatic heterocycles. The first-order valence-electron chi connectivity index (χ1n) is 8.49. The van der Waals surface area contributed by atoms with E-state index in [4.69, 9.17) is 10.2 Å². The molecule has 25 heavy (non-hydrogen) atoms. The number of aryl methyl sites for hydroxylation is 1. The van der Waals surface area contributed by atoms with Crippen LogP contribution in [0.15, 0.2) is 47.1 Å². The zero-order valence-corrected chi connectivity index (χ0v) is 14.3. The number of furan rings is 1. The molecule has 0 spiro atoms. The minimum atomic E-state index is -0.426. The first-order chi connectivity index (χ1) is 12.1. The SMILES string of the molecule is Cc1ccoc1C(=O)NC1CCN(C(C(N)=O)c2ccccc2)CC1. The molecule has 1 aliphatic rings. The van der Waals surface area contributed by atoms with E-state index in [0.29, 0.717) is 18.8 Å². The largest absolute Gasteiger partial charge is 0.459 e. The van der Waals surface area contributed by atoms with Crippen molar-refractivity contribution in [2.24, 2.45) is 5.73 Å². The molecule has 1 aromatic carbocycles. The Morgan fingerprint density at radius 3 is 2.44 bits per heavy atom. The molecule has 6 heteroatoms. The Morgan fingerprint density at radius 1 is 1.20 bits per heavy atom. The molecule has 0 saturated carbocycles. The first kappa shape index (κ1) is 17.2. The molecule has 3 N–H and O–H groups in total. The summed E-state index contributed by atoms with van der Waals surface area (Å²) < 4.78 is 5.23. The van der Waals surface area contributed by atoms with Gasteiger partial charge in [0.15, 0.2) is 5.76 Å². The molecule has 1 aromatic heterocycles. The lowest BCUT2D eigenvalue weighted by Crippen LogP contribution is -2.48. The van der Waals surface area contributed by atoms with Crippen molar-refractivity contribution >= 4 is 11.8 Å². The second kappa shape index (κ2) is 7.53. The van der Waals surface area contributed by atoms with E-state index in [2.05, 4.69) is 10.2 Å². The number of piperidine rings is 1. The van der Waals surface area contributed by atoms with Crippen molar-refractivity contribution in [3.05, 3.63) is 59.5 Å². The van der Waals surface area contributed by atoms with Gasteiger partial charge in [-0.15, -0.1) is 0 Å². The van der Waals surface area contributed by atoms with Crippen molar-refractivity contribution in [3.8, 4) is 0 Å². The van der Waals surface area contributed by atoms with Crippen LogP contribution in [0.2, 0.25) is 0 Å². The van der Waals surface area contributed by atoms with Crippen molar-refractivity contribution < 1.29 is 14.0 Å². The molecule has 2 heterocycles. The lowest BCUT2D eigenvalue weighted by molar-refractivity contribution is -0.124. The summed E-state index contributed by atoms with van der Waals surface area (Å²) in [5.41, 5.74) is 7.37. The molecule has 3 rings (SSSR count). The van der Waals surface area contributed by atoms with Crippen LogP contribution >= 0.6 is 0 Å². The summed E-state index contributed by atoms with van der Waals surface area (Å²) in [4.78, 5) is 26.3. The highest BCUT2D eigenvalue weighted by atomic mass is 16.3. The van der Waals surface area contributed by atoms with Crippen LogP contribution in [0.1, 0.15) is 40.6 Å². The number of nitrogens with two attached hydrogens (primary N) is 1. The van der Waals surface area contributed by atoms with Crippen LogP contribution < -0.4 is 11.1 Å². The molecule has 6 nitrogen and oxygen atoms in total. The summed E-state index contributed by atoms with van der Waals surface area (Å²) in [5.74, 6) is -0.169. The maximum atomic E-state index is 12.2. The predicted molar refractivity (Wildman–Crippen MR) is 93.9 cm³/mol. The van der Waals surface area contributed by atoms with Crippen LogP contribution in [-0.2, 0) is 4.79 Å². The minimum Gasteiger partial charge on any atom is -0.459 e. The zero-order valence-electron chi connectivity index (χ0n) is 14.3. The molecule has 0 bridgehead atoms. The maximum absolute atomic E-state index is 12.2. The van der Waals surface area contributed by atoms with Gasteiger partial charge in [0.05, 0.1) is 6.26 Å². The van der Waals surface area contributed by atoms with Crippen LogP contribution in [0, 0.1) is 6.92 Å². The smallest absolute Gasteiger partial charge is 0.287 e.